The summed E-state index contributed by atoms with van der Waals surface area (Å²) in [7, 11) is 0. The topological polar surface area (TPSA) is 37.4 Å². The molecule has 0 saturated heterocycles. The second-order valence-electron chi connectivity index (χ2n) is 4.06. The summed E-state index contributed by atoms with van der Waals surface area (Å²) in [5.41, 5.74) is 1.21. The highest BCUT2D eigenvalue weighted by atomic mass is 35.5. The first-order valence-electron chi connectivity index (χ1n) is 5.53. The van der Waals surface area contributed by atoms with Gasteiger partial charge in [-0.05, 0) is 24.3 Å². The van der Waals surface area contributed by atoms with Gasteiger partial charge in [0.05, 0.1) is 27.0 Å². The first-order valence-corrected chi connectivity index (χ1v) is 6.28. The van der Waals surface area contributed by atoms with Gasteiger partial charge in [0.25, 0.3) is 5.78 Å². The van der Waals surface area contributed by atoms with E-state index in [0.29, 0.717) is 27.0 Å². The minimum absolute atomic E-state index is 0.324. The van der Waals surface area contributed by atoms with Crippen molar-refractivity contribution < 1.29 is 9.59 Å². The lowest BCUT2D eigenvalue weighted by Gasteiger charge is -2.19. The van der Waals surface area contributed by atoms with E-state index in [0.717, 1.165) is 0 Å². The molecule has 3 rings (SSSR count). The number of rotatable bonds is 1. The number of para-hydroxylation sites is 2. The van der Waals surface area contributed by atoms with Crippen molar-refractivity contribution in [3.8, 4) is 0 Å². The summed E-state index contributed by atoms with van der Waals surface area (Å²) < 4.78 is 0. The van der Waals surface area contributed by atoms with Crippen LogP contribution in [0.1, 0.15) is 10.4 Å². The minimum atomic E-state index is -0.642. The van der Waals surface area contributed by atoms with Gasteiger partial charge in [-0.2, -0.15) is 0 Å². The number of amides is 1. The molecule has 2 aromatic rings. The Morgan fingerprint density at radius 2 is 1.47 bits per heavy atom. The van der Waals surface area contributed by atoms with Crippen molar-refractivity contribution in [1.82, 2.24) is 0 Å². The number of fused-ring (bicyclic) bond motifs is 1. The average molecular weight is 292 g/mol. The second-order valence-corrected chi connectivity index (χ2v) is 4.87. The van der Waals surface area contributed by atoms with Crippen LogP contribution in [0.3, 0.4) is 0 Å². The molecule has 5 heteroatoms. The fourth-order valence-electron chi connectivity index (χ4n) is 2.11. The van der Waals surface area contributed by atoms with Gasteiger partial charge in [-0.3, -0.25) is 14.5 Å². The molecule has 0 bridgehead atoms. The van der Waals surface area contributed by atoms with E-state index in [1.165, 1.54) is 4.90 Å². The van der Waals surface area contributed by atoms with E-state index in [4.69, 9.17) is 23.2 Å². The summed E-state index contributed by atoms with van der Waals surface area (Å²) in [6.07, 6.45) is 0. The Labute approximate surface area is 119 Å². The predicted molar refractivity (Wildman–Crippen MR) is 74.4 cm³/mol. The monoisotopic (exact) mass is 291 g/mol. The zero-order chi connectivity index (χ0) is 13.6. The molecule has 1 amide bonds. The molecule has 0 saturated carbocycles. The van der Waals surface area contributed by atoms with Crippen LogP contribution in [0.25, 0.3) is 0 Å². The number of carbonyl (C=O) groups is 2. The molecule has 2 aromatic carbocycles. The molecule has 3 nitrogen and oxygen atoms in total. The quantitative estimate of drug-likeness (QED) is 0.748. The van der Waals surface area contributed by atoms with Crippen LogP contribution in [0.4, 0.5) is 11.4 Å². The molecular formula is C14H7Cl2NO2. The highest BCUT2D eigenvalue weighted by Crippen LogP contribution is 2.42. The van der Waals surface area contributed by atoms with Crippen molar-refractivity contribution in [1.29, 1.82) is 0 Å². The molecule has 19 heavy (non-hydrogen) atoms. The van der Waals surface area contributed by atoms with Crippen LogP contribution in [0.5, 0.6) is 0 Å². The van der Waals surface area contributed by atoms with E-state index in [9.17, 15) is 9.59 Å². The number of nitrogens with zero attached hydrogens (tertiary/aromatic N) is 1. The third-order valence-electron chi connectivity index (χ3n) is 2.95. The van der Waals surface area contributed by atoms with Crippen LogP contribution >= 0.6 is 23.2 Å². The van der Waals surface area contributed by atoms with Crippen LogP contribution in [-0.2, 0) is 4.79 Å². The van der Waals surface area contributed by atoms with Crippen LogP contribution < -0.4 is 4.90 Å². The Balaban J connectivity index is 2.27. The van der Waals surface area contributed by atoms with Gasteiger partial charge in [0.2, 0.25) is 0 Å². The second kappa shape index (κ2) is 4.37. The molecule has 0 unspecified atom stereocenters. The van der Waals surface area contributed by atoms with Crippen molar-refractivity contribution in [2.75, 3.05) is 4.90 Å². The molecule has 94 valence electrons. The number of anilines is 2. The van der Waals surface area contributed by atoms with Crippen LogP contribution in [0, 0.1) is 0 Å². The third kappa shape index (κ3) is 1.74. The highest BCUT2D eigenvalue weighted by Gasteiger charge is 2.38. The lowest BCUT2D eigenvalue weighted by molar-refractivity contribution is -0.113. The van der Waals surface area contributed by atoms with E-state index < -0.39 is 11.7 Å². The maximum Gasteiger partial charge on any atom is 0.304 e. The van der Waals surface area contributed by atoms with Crippen molar-refractivity contribution >= 4 is 46.3 Å². The van der Waals surface area contributed by atoms with Gasteiger partial charge in [0.1, 0.15) is 0 Å². The third-order valence-corrected chi connectivity index (χ3v) is 3.56. The molecule has 0 aromatic heterocycles. The largest absolute Gasteiger partial charge is 0.304 e. The van der Waals surface area contributed by atoms with Crippen molar-refractivity contribution in [3.63, 3.8) is 0 Å². The number of carbonyl (C=O) groups excluding carboxylic acids is 2. The first kappa shape index (κ1) is 12.2. The lowest BCUT2D eigenvalue weighted by atomic mass is 10.1. The summed E-state index contributed by atoms with van der Waals surface area (Å²) in [6.45, 7) is 0. The van der Waals surface area contributed by atoms with Gasteiger partial charge in [-0.15, -0.1) is 0 Å². The Kier molecular flexibility index (Phi) is 2.81. The summed E-state index contributed by atoms with van der Waals surface area (Å²) in [6, 6.07) is 11.7. The normalized spacial score (nSPS) is 13.9. The number of halogens is 2. The molecule has 1 heterocycles. The number of benzene rings is 2. The Bertz CT molecular complexity index is 692. The van der Waals surface area contributed by atoms with Crippen molar-refractivity contribution in [3.05, 3.63) is 58.1 Å². The van der Waals surface area contributed by atoms with E-state index in [-0.39, 0.29) is 0 Å². The van der Waals surface area contributed by atoms with Gasteiger partial charge in [0.15, 0.2) is 0 Å². The molecule has 0 atom stereocenters. The van der Waals surface area contributed by atoms with Crippen LogP contribution in [0.2, 0.25) is 10.0 Å². The lowest BCUT2D eigenvalue weighted by Crippen LogP contribution is -2.25. The smallest absolute Gasteiger partial charge is 0.283 e. The zero-order valence-corrected chi connectivity index (χ0v) is 11.1. The summed E-state index contributed by atoms with van der Waals surface area (Å²) in [5.74, 6) is -1.19. The summed E-state index contributed by atoms with van der Waals surface area (Å²) >= 11 is 12.2. The van der Waals surface area contributed by atoms with Crippen LogP contribution in [-0.4, -0.2) is 11.7 Å². The molecule has 0 radical (unpaired) electrons. The van der Waals surface area contributed by atoms with Gasteiger partial charge in [0, 0.05) is 0 Å². The molecule has 0 aliphatic carbocycles. The van der Waals surface area contributed by atoms with Crippen molar-refractivity contribution in [2.24, 2.45) is 0 Å². The maximum atomic E-state index is 12.1. The molecule has 0 fully saturated rings. The predicted octanol–water partition coefficient (Wildman–Crippen LogP) is 3.85. The molecule has 1 aliphatic heterocycles. The van der Waals surface area contributed by atoms with Gasteiger partial charge >= 0.3 is 5.91 Å². The summed E-state index contributed by atoms with van der Waals surface area (Å²) in [4.78, 5) is 25.3. The molecule has 0 spiro atoms. The van der Waals surface area contributed by atoms with E-state index in [1.54, 1.807) is 42.5 Å². The summed E-state index contributed by atoms with van der Waals surface area (Å²) in [5, 5.41) is 0.649. The van der Waals surface area contributed by atoms with E-state index >= 15 is 0 Å². The van der Waals surface area contributed by atoms with Crippen LogP contribution in [0.15, 0.2) is 42.5 Å². The minimum Gasteiger partial charge on any atom is -0.283 e. The fraction of sp³-hybridized carbons (Fsp3) is 0. The fourth-order valence-corrected chi connectivity index (χ4v) is 2.68. The van der Waals surface area contributed by atoms with E-state index in [2.05, 4.69) is 0 Å². The first-order chi connectivity index (χ1) is 9.11. The average Bonchev–Trinajstić information content (AvgIpc) is 2.64. The number of ketones is 1. The highest BCUT2D eigenvalue weighted by molar-refractivity contribution is 6.55. The molecule has 0 N–H and O–H groups in total. The van der Waals surface area contributed by atoms with Gasteiger partial charge < -0.3 is 0 Å². The Morgan fingerprint density at radius 1 is 0.842 bits per heavy atom. The Morgan fingerprint density at radius 3 is 2.16 bits per heavy atom. The standard InChI is InChI=1S/C14H7Cl2NO2/c15-9-5-3-6-10(16)12(9)17-11-7-2-1-4-8(11)13(18)14(17)19/h1-7H. The number of hydrogen-bond acceptors (Lipinski definition) is 2. The molecule has 1 aliphatic rings. The SMILES string of the molecule is O=C1C(=O)N(c2c(Cl)cccc2Cl)c2ccccc21. The Hall–Kier alpha value is -1.84. The van der Waals surface area contributed by atoms with Gasteiger partial charge in [-0.1, -0.05) is 41.4 Å². The number of hydrogen-bond donors (Lipinski definition) is 0. The van der Waals surface area contributed by atoms with Crippen molar-refractivity contribution in [2.45, 2.75) is 0 Å². The molecular weight excluding hydrogens is 285 g/mol. The van der Waals surface area contributed by atoms with Gasteiger partial charge in [-0.25, -0.2) is 0 Å². The van der Waals surface area contributed by atoms with E-state index in [1.807, 2.05) is 0 Å². The maximum absolute atomic E-state index is 12.1. The number of Topliss-reactive ketones (excluding diaryl/α,β-unsaturated/α-hetero) is 1. The zero-order valence-electron chi connectivity index (χ0n) is 9.56.